The van der Waals surface area contributed by atoms with Crippen LogP contribution in [0.4, 0.5) is 0 Å². The summed E-state index contributed by atoms with van der Waals surface area (Å²) in [6.45, 7) is 7.23. The average molecular weight is 398 g/mol. The van der Waals surface area contributed by atoms with Crippen LogP contribution in [0, 0.1) is 23.2 Å². The second-order valence-corrected chi connectivity index (χ2v) is 7.98. The topological polar surface area (TPSA) is 18.5 Å². The van der Waals surface area contributed by atoms with Crippen molar-refractivity contribution >= 4 is 30.4 Å². The molecular weight excluding hydrogens is 371 g/mol. The van der Waals surface area contributed by atoms with Crippen molar-refractivity contribution in [3.8, 4) is 0 Å². The van der Waals surface area contributed by atoms with Crippen molar-refractivity contribution in [3.05, 3.63) is 0 Å². The Morgan fingerprint density at radius 3 is 2.79 bits per heavy atom. The fourth-order valence-corrected chi connectivity index (χ4v) is 5.28. The van der Waals surface area contributed by atoms with E-state index in [-0.39, 0.29) is 0 Å². The quantitative estimate of drug-likeness (QED) is 0.331. The molecule has 2 rings (SSSR count). The van der Waals surface area contributed by atoms with E-state index in [1.165, 1.54) is 47.7 Å². The predicted molar refractivity (Wildman–Crippen MR) is 90.3 cm³/mol. The molecule has 3 atom stereocenters. The molecule has 0 aromatic carbocycles. The van der Waals surface area contributed by atoms with Crippen molar-refractivity contribution in [1.29, 1.82) is 0 Å². The highest BCUT2D eigenvalue weighted by molar-refractivity contribution is 14.2. The first-order chi connectivity index (χ1) is 9.20. The van der Waals surface area contributed by atoms with E-state index >= 15 is 0 Å². The maximum absolute atomic E-state index is 6.02. The van der Waals surface area contributed by atoms with Gasteiger partial charge in [-0.15, -0.1) is 0 Å². The summed E-state index contributed by atoms with van der Waals surface area (Å²) in [6, 6.07) is 0. The summed E-state index contributed by atoms with van der Waals surface area (Å²) in [5.41, 5.74) is 0.490. The maximum atomic E-state index is 6.02. The third kappa shape index (κ3) is 3.80. The summed E-state index contributed by atoms with van der Waals surface area (Å²) >= 11 is 2.16. The molecule has 2 nitrogen and oxygen atoms in total. The maximum Gasteiger partial charge on any atom is 0.0857 e. The largest absolute Gasteiger partial charge is 0.378 e. The lowest BCUT2D eigenvalue weighted by atomic mass is 9.62. The lowest BCUT2D eigenvalue weighted by Gasteiger charge is -2.45. The Morgan fingerprint density at radius 1 is 1.21 bits per heavy atom. The van der Waals surface area contributed by atoms with Crippen molar-refractivity contribution in [2.24, 2.45) is 23.2 Å². The van der Waals surface area contributed by atoms with Crippen LogP contribution in [-0.2, 0) is 8.92 Å². The Kier molecular flexibility index (Phi) is 6.77. The first kappa shape index (κ1) is 16.4. The number of ether oxygens (including phenoxy) is 1. The van der Waals surface area contributed by atoms with Crippen molar-refractivity contribution in [1.82, 2.24) is 0 Å². The van der Waals surface area contributed by atoms with Crippen LogP contribution in [0.1, 0.15) is 52.4 Å². The van der Waals surface area contributed by atoms with E-state index in [0.717, 1.165) is 31.0 Å². The lowest BCUT2D eigenvalue weighted by molar-refractivity contribution is -0.0463. The van der Waals surface area contributed by atoms with Gasteiger partial charge in [-0.1, -0.05) is 26.7 Å². The Morgan fingerprint density at radius 2 is 2.05 bits per heavy atom. The highest BCUT2D eigenvalue weighted by Gasteiger charge is 2.51. The number of hydrogen-bond donors (Lipinski definition) is 0. The van der Waals surface area contributed by atoms with Gasteiger partial charge in [0, 0.05) is 21.2 Å². The van der Waals surface area contributed by atoms with Crippen molar-refractivity contribution in [2.75, 3.05) is 19.8 Å². The third-order valence-electron chi connectivity index (χ3n) is 5.35. The molecule has 2 aliphatic rings. The highest BCUT2D eigenvalue weighted by Crippen LogP contribution is 2.58. The van der Waals surface area contributed by atoms with Crippen molar-refractivity contribution < 1.29 is 8.92 Å². The fourth-order valence-electron chi connectivity index (χ4n) is 4.61. The minimum Gasteiger partial charge on any atom is -0.378 e. The molecule has 0 amide bonds. The van der Waals surface area contributed by atoms with E-state index in [9.17, 15) is 0 Å². The Labute approximate surface area is 134 Å². The molecule has 2 fully saturated rings. The molecule has 4 heteroatoms. The van der Waals surface area contributed by atoms with E-state index in [4.69, 9.17) is 8.92 Å². The number of hydrogen-bond acceptors (Lipinski definition) is 3. The summed E-state index contributed by atoms with van der Waals surface area (Å²) in [6.07, 6.45) is 8.53. The van der Waals surface area contributed by atoms with E-state index in [0.29, 0.717) is 12.0 Å². The van der Waals surface area contributed by atoms with Crippen LogP contribution in [0.2, 0.25) is 0 Å². The second-order valence-electron chi connectivity index (χ2n) is 6.54. The van der Waals surface area contributed by atoms with E-state index in [1.54, 1.807) is 0 Å². The molecule has 0 aromatic heterocycles. The monoisotopic (exact) mass is 398 g/mol. The van der Waals surface area contributed by atoms with E-state index < -0.39 is 0 Å². The summed E-state index contributed by atoms with van der Waals surface area (Å²) in [5.74, 6) is 2.60. The second kappa shape index (κ2) is 7.85. The zero-order valence-corrected chi connectivity index (χ0v) is 15.2. The molecule has 112 valence electrons. The van der Waals surface area contributed by atoms with Crippen LogP contribution >= 0.6 is 30.4 Å². The van der Waals surface area contributed by atoms with Crippen LogP contribution in [0.5, 0.6) is 0 Å². The van der Waals surface area contributed by atoms with Crippen LogP contribution in [0.3, 0.4) is 0 Å². The number of fused-ring (bicyclic) bond motifs is 1. The average Bonchev–Trinajstić information content (AvgIpc) is 2.78. The van der Waals surface area contributed by atoms with Gasteiger partial charge >= 0.3 is 0 Å². The molecule has 2 aliphatic carbocycles. The van der Waals surface area contributed by atoms with Gasteiger partial charge in [-0.2, -0.15) is 0 Å². The van der Waals surface area contributed by atoms with Gasteiger partial charge in [0.2, 0.25) is 0 Å². The molecule has 0 heterocycles. The smallest absolute Gasteiger partial charge is 0.0857 e. The van der Waals surface area contributed by atoms with Gasteiger partial charge in [0.15, 0.2) is 0 Å². The molecular formula is C15H27IO2S. The first-order valence-corrected chi connectivity index (χ1v) is 11.0. The predicted octanol–water partition coefficient (Wildman–Crippen LogP) is 5.26. The third-order valence-corrected chi connectivity index (χ3v) is 6.37. The van der Waals surface area contributed by atoms with Crippen LogP contribution in [0.15, 0.2) is 0 Å². The molecule has 0 spiro atoms. The van der Waals surface area contributed by atoms with Crippen LogP contribution in [-0.4, -0.2) is 19.8 Å². The Bertz CT molecular complexity index is 275. The minimum absolute atomic E-state index is 0.490. The first-order valence-electron chi connectivity index (χ1n) is 7.68. The molecule has 0 N–H and O–H groups in total. The van der Waals surface area contributed by atoms with Gasteiger partial charge in [-0.3, -0.25) is 0 Å². The van der Waals surface area contributed by atoms with Gasteiger partial charge in [-0.05, 0) is 48.9 Å². The minimum atomic E-state index is 0.490. The summed E-state index contributed by atoms with van der Waals surface area (Å²) in [5, 5.41) is 0. The molecule has 3 unspecified atom stereocenters. The van der Waals surface area contributed by atoms with Gasteiger partial charge < -0.3 is 8.92 Å². The van der Waals surface area contributed by atoms with Crippen LogP contribution in [0.25, 0.3) is 0 Å². The van der Waals surface area contributed by atoms with Crippen molar-refractivity contribution in [3.63, 3.8) is 0 Å². The van der Waals surface area contributed by atoms with Gasteiger partial charge in [0.1, 0.15) is 0 Å². The van der Waals surface area contributed by atoms with Gasteiger partial charge in [-0.25, -0.2) is 0 Å². The Hall–Kier alpha value is 1.00. The number of rotatable bonds is 7. The lowest BCUT2D eigenvalue weighted by Crippen LogP contribution is -2.41. The zero-order chi connectivity index (χ0) is 13.7. The molecule has 19 heavy (non-hydrogen) atoms. The van der Waals surface area contributed by atoms with Gasteiger partial charge in [0.25, 0.3) is 0 Å². The SMILES string of the molecule is CC(C)C1CCC2CCCCC21COCCOSI. The zero-order valence-electron chi connectivity index (χ0n) is 12.2. The molecule has 0 aliphatic heterocycles. The van der Waals surface area contributed by atoms with Gasteiger partial charge in [0.05, 0.1) is 29.0 Å². The molecule has 0 aromatic rings. The highest BCUT2D eigenvalue weighted by atomic mass is 127. The normalized spacial score (nSPS) is 34.7. The van der Waals surface area contributed by atoms with Crippen molar-refractivity contribution in [2.45, 2.75) is 52.4 Å². The van der Waals surface area contributed by atoms with E-state index in [1.807, 2.05) is 0 Å². The number of halogens is 1. The molecule has 0 saturated heterocycles. The summed E-state index contributed by atoms with van der Waals surface area (Å²) in [7, 11) is 1.40. The molecule has 0 radical (unpaired) electrons. The Balaban J connectivity index is 1.93. The standard InChI is InChI=1S/C15H27IO2S/c1-12(2)14-7-6-13-5-3-4-8-15(13,14)11-17-9-10-18-19-16/h12-14H,3-11H2,1-2H3. The molecule has 0 bridgehead atoms. The fraction of sp³-hybridized carbons (Fsp3) is 1.00. The molecule has 2 saturated carbocycles. The summed E-state index contributed by atoms with van der Waals surface area (Å²) in [4.78, 5) is 0. The van der Waals surface area contributed by atoms with E-state index in [2.05, 4.69) is 35.1 Å². The summed E-state index contributed by atoms with van der Waals surface area (Å²) < 4.78 is 11.3. The van der Waals surface area contributed by atoms with Crippen LogP contribution < -0.4 is 0 Å².